The van der Waals surface area contributed by atoms with Crippen LogP contribution >= 0.6 is 12.2 Å². The molecule has 3 atom stereocenters. The lowest BCUT2D eigenvalue weighted by atomic mass is 10.0. The van der Waals surface area contributed by atoms with Gasteiger partial charge in [-0.2, -0.15) is 4.31 Å². The topological polar surface area (TPSA) is 70.7 Å². The molecule has 1 aromatic rings. The van der Waals surface area contributed by atoms with Crippen molar-refractivity contribution >= 4 is 33.0 Å². The van der Waals surface area contributed by atoms with E-state index in [9.17, 15) is 8.42 Å². The molecule has 150 valence electrons. The average molecular weight is 412 g/mol. The summed E-state index contributed by atoms with van der Waals surface area (Å²) in [5.41, 5.74) is 0.763. The molecule has 0 spiro atoms. The predicted octanol–water partition coefficient (Wildman–Crippen LogP) is 3.10. The van der Waals surface area contributed by atoms with Gasteiger partial charge in [0.05, 0.1) is 11.0 Å². The summed E-state index contributed by atoms with van der Waals surface area (Å²) in [4.78, 5) is 0.326. The Kier molecular flexibility index (Phi) is 6.73. The van der Waals surface area contributed by atoms with Gasteiger partial charge in [-0.1, -0.05) is 6.42 Å². The third-order valence-corrected chi connectivity index (χ3v) is 7.70. The number of rotatable bonds is 5. The van der Waals surface area contributed by atoms with Crippen molar-refractivity contribution < 1.29 is 13.2 Å². The monoisotopic (exact) mass is 411 g/mol. The molecule has 27 heavy (non-hydrogen) atoms. The number of benzene rings is 1. The largest absolute Gasteiger partial charge is 0.376 e. The summed E-state index contributed by atoms with van der Waals surface area (Å²) in [5.74, 6) is 0. The van der Waals surface area contributed by atoms with E-state index < -0.39 is 10.0 Å². The molecule has 0 aromatic heterocycles. The van der Waals surface area contributed by atoms with E-state index in [0.717, 1.165) is 44.4 Å². The van der Waals surface area contributed by atoms with Crippen LogP contribution in [0.25, 0.3) is 0 Å². The maximum atomic E-state index is 13.0. The second-order valence-electron chi connectivity index (χ2n) is 7.46. The van der Waals surface area contributed by atoms with Gasteiger partial charge in [-0.05, 0) is 76.0 Å². The fourth-order valence-corrected chi connectivity index (χ4v) is 5.97. The van der Waals surface area contributed by atoms with Crippen molar-refractivity contribution in [3.8, 4) is 0 Å². The molecule has 1 aromatic carbocycles. The number of hydrogen-bond acceptors (Lipinski definition) is 4. The summed E-state index contributed by atoms with van der Waals surface area (Å²) < 4.78 is 33.3. The van der Waals surface area contributed by atoms with E-state index >= 15 is 0 Å². The van der Waals surface area contributed by atoms with Gasteiger partial charge < -0.3 is 15.4 Å². The van der Waals surface area contributed by atoms with Gasteiger partial charge in [-0.3, -0.25) is 0 Å². The van der Waals surface area contributed by atoms with Crippen LogP contribution in [0.15, 0.2) is 29.2 Å². The van der Waals surface area contributed by atoms with Crippen LogP contribution < -0.4 is 10.6 Å². The molecule has 2 aliphatic heterocycles. The van der Waals surface area contributed by atoms with E-state index in [-0.39, 0.29) is 18.2 Å². The first-order valence-electron chi connectivity index (χ1n) is 9.68. The number of anilines is 1. The molecule has 0 radical (unpaired) electrons. The van der Waals surface area contributed by atoms with Crippen LogP contribution in [-0.4, -0.2) is 49.2 Å². The summed E-state index contributed by atoms with van der Waals surface area (Å²) in [6.07, 6.45) is 5.26. The summed E-state index contributed by atoms with van der Waals surface area (Å²) in [5, 5.41) is 6.76. The summed E-state index contributed by atoms with van der Waals surface area (Å²) in [6.45, 7) is 5.47. The fourth-order valence-electron chi connectivity index (χ4n) is 3.89. The normalized spacial score (nSPS) is 26.7. The van der Waals surface area contributed by atoms with Crippen LogP contribution in [0.2, 0.25) is 0 Å². The molecular weight excluding hydrogens is 382 g/mol. The minimum atomic E-state index is -3.49. The zero-order valence-electron chi connectivity index (χ0n) is 16.0. The van der Waals surface area contributed by atoms with Gasteiger partial charge in [-0.25, -0.2) is 8.42 Å². The number of thiocarbonyl (C=S) groups is 1. The van der Waals surface area contributed by atoms with Crippen molar-refractivity contribution in [2.75, 3.05) is 18.5 Å². The third-order valence-electron chi connectivity index (χ3n) is 5.31. The molecule has 2 N–H and O–H groups in total. The summed E-state index contributed by atoms with van der Waals surface area (Å²) >= 11 is 5.31. The molecule has 2 fully saturated rings. The van der Waals surface area contributed by atoms with Gasteiger partial charge in [-0.15, -0.1) is 0 Å². The van der Waals surface area contributed by atoms with Crippen LogP contribution in [0.3, 0.4) is 0 Å². The van der Waals surface area contributed by atoms with Crippen LogP contribution in [0.4, 0.5) is 5.69 Å². The number of sulfonamides is 1. The minimum Gasteiger partial charge on any atom is -0.376 e. The maximum Gasteiger partial charge on any atom is 0.243 e. The molecule has 0 aliphatic carbocycles. The van der Waals surface area contributed by atoms with Gasteiger partial charge in [0.15, 0.2) is 5.11 Å². The number of ether oxygens (including phenoxy) is 1. The lowest BCUT2D eigenvalue weighted by molar-refractivity contribution is 0.114. The highest BCUT2D eigenvalue weighted by Gasteiger charge is 2.35. The molecule has 8 heteroatoms. The first-order valence-corrected chi connectivity index (χ1v) is 11.5. The molecule has 0 saturated carbocycles. The van der Waals surface area contributed by atoms with E-state index in [1.54, 1.807) is 28.6 Å². The Balaban J connectivity index is 1.61. The van der Waals surface area contributed by atoms with Crippen molar-refractivity contribution in [3.63, 3.8) is 0 Å². The molecule has 6 nitrogen and oxygen atoms in total. The van der Waals surface area contributed by atoms with Gasteiger partial charge in [0.1, 0.15) is 0 Å². The Morgan fingerprint density at radius 2 is 1.81 bits per heavy atom. The van der Waals surface area contributed by atoms with Crippen molar-refractivity contribution in [1.82, 2.24) is 9.62 Å². The van der Waals surface area contributed by atoms with E-state index in [4.69, 9.17) is 17.0 Å². The van der Waals surface area contributed by atoms with E-state index in [1.165, 1.54) is 0 Å². The molecule has 2 aliphatic rings. The van der Waals surface area contributed by atoms with Crippen molar-refractivity contribution in [1.29, 1.82) is 0 Å². The molecule has 2 heterocycles. The van der Waals surface area contributed by atoms with E-state index in [0.29, 0.717) is 16.6 Å². The smallest absolute Gasteiger partial charge is 0.243 e. The molecule has 0 unspecified atom stereocenters. The Morgan fingerprint density at radius 3 is 2.41 bits per heavy atom. The minimum absolute atomic E-state index is 0.0335. The SMILES string of the molecule is C[C@@H]1CCC[C@H](C)N1S(=O)(=O)c1ccc(NC(=S)NC[C@H]2CCCO2)cc1. The summed E-state index contributed by atoms with van der Waals surface area (Å²) in [6, 6.07) is 6.87. The van der Waals surface area contributed by atoms with Gasteiger partial charge in [0.2, 0.25) is 10.0 Å². The lowest BCUT2D eigenvalue weighted by Gasteiger charge is -2.37. The number of nitrogens with one attached hydrogen (secondary N) is 2. The zero-order chi connectivity index (χ0) is 19.4. The molecular formula is C19H29N3O3S2. The van der Waals surface area contributed by atoms with E-state index in [2.05, 4.69) is 10.6 Å². The van der Waals surface area contributed by atoms with Gasteiger partial charge >= 0.3 is 0 Å². The van der Waals surface area contributed by atoms with Crippen molar-refractivity contribution in [2.45, 2.75) is 69.0 Å². The lowest BCUT2D eigenvalue weighted by Crippen LogP contribution is -2.47. The van der Waals surface area contributed by atoms with E-state index in [1.807, 2.05) is 13.8 Å². The number of piperidine rings is 1. The molecule has 0 amide bonds. The van der Waals surface area contributed by atoms with Crippen LogP contribution in [0, 0.1) is 0 Å². The molecule has 3 rings (SSSR count). The van der Waals surface area contributed by atoms with Crippen LogP contribution in [0.5, 0.6) is 0 Å². The highest BCUT2D eigenvalue weighted by Crippen LogP contribution is 2.29. The predicted molar refractivity (Wildman–Crippen MR) is 111 cm³/mol. The quantitative estimate of drug-likeness (QED) is 0.726. The standard InChI is InChI=1S/C19H29N3O3S2/c1-14-5-3-6-15(2)22(14)27(23,24)18-10-8-16(9-11-18)21-19(26)20-13-17-7-4-12-25-17/h8-11,14-15,17H,3-7,12-13H2,1-2H3,(H2,20,21,26)/t14-,15+,17-/m1/s1. The van der Waals surface area contributed by atoms with Crippen molar-refractivity contribution in [3.05, 3.63) is 24.3 Å². The fraction of sp³-hybridized carbons (Fsp3) is 0.632. The Bertz CT molecular complexity index is 736. The third kappa shape index (κ3) is 4.99. The highest BCUT2D eigenvalue weighted by molar-refractivity contribution is 7.89. The van der Waals surface area contributed by atoms with Gasteiger partial charge in [0, 0.05) is 30.9 Å². The second-order valence-corrected chi connectivity index (χ2v) is 9.71. The highest BCUT2D eigenvalue weighted by atomic mass is 32.2. The maximum absolute atomic E-state index is 13.0. The Hall–Kier alpha value is -1.22. The number of hydrogen-bond donors (Lipinski definition) is 2. The zero-order valence-corrected chi connectivity index (χ0v) is 17.6. The second kappa shape index (κ2) is 8.86. The summed E-state index contributed by atoms with van der Waals surface area (Å²) in [7, 11) is -3.49. The van der Waals surface area contributed by atoms with Crippen LogP contribution in [-0.2, 0) is 14.8 Å². The Labute approximate surface area is 167 Å². The average Bonchev–Trinajstić information content (AvgIpc) is 3.14. The first-order chi connectivity index (χ1) is 12.9. The van der Waals surface area contributed by atoms with Gasteiger partial charge in [0.25, 0.3) is 0 Å². The number of nitrogens with zero attached hydrogens (tertiary/aromatic N) is 1. The first kappa shape index (κ1) is 20.5. The molecule has 2 saturated heterocycles. The van der Waals surface area contributed by atoms with Crippen LogP contribution in [0.1, 0.15) is 46.0 Å². The Morgan fingerprint density at radius 1 is 1.15 bits per heavy atom. The molecule has 0 bridgehead atoms. The van der Waals surface area contributed by atoms with Crippen molar-refractivity contribution in [2.24, 2.45) is 0 Å².